The maximum absolute atomic E-state index is 12.1. The third-order valence-electron chi connectivity index (χ3n) is 3.97. The summed E-state index contributed by atoms with van der Waals surface area (Å²) in [6, 6.07) is 14.2. The molecule has 2 N–H and O–H groups in total. The van der Waals surface area contributed by atoms with Crippen LogP contribution in [0.15, 0.2) is 48.5 Å². The molecule has 1 heterocycles. The van der Waals surface area contributed by atoms with Gasteiger partial charge in [-0.15, -0.1) is 0 Å². The van der Waals surface area contributed by atoms with Crippen molar-refractivity contribution in [2.45, 2.75) is 25.4 Å². The highest BCUT2D eigenvalue weighted by atomic mass is 35.5. The SMILES string of the molecule is O=C(Cc1ccccc1Cl)Nc1ccc(NC(=O)[C@@H]2CCCO2)cc1. The first-order chi connectivity index (χ1) is 12.1. The fourth-order valence-corrected chi connectivity index (χ4v) is 2.87. The summed E-state index contributed by atoms with van der Waals surface area (Å²) in [5.74, 6) is -0.280. The van der Waals surface area contributed by atoms with Gasteiger partial charge in [0.05, 0.1) is 6.42 Å². The topological polar surface area (TPSA) is 67.4 Å². The van der Waals surface area contributed by atoms with Crippen molar-refractivity contribution in [3.63, 3.8) is 0 Å². The minimum Gasteiger partial charge on any atom is -0.368 e. The number of hydrogen-bond donors (Lipinski definition) is 2. The van der Waals surface area contributed by atoms with E-state index in [4.69, 9.17) is 16.3 Å². The molecule has 1 atom stereocenters. The van der Waals surface area contributed by atoms with Gasteiger partial charge in [-0.25, -0.2) is 0 Å². The van der Waals surface area contributed by atoms with Crippen LogP contribution < -0.4 is 10.6 Å². The summed E-state index contributed by atoms with van der Waals surface area (Å²) in [6.07, 6.45) is 1.50. The molecule has 2 amide bonds. The zero-order chi connectivity index (χ0) is 17.6. The van der Waals surface area contributed by atoms with E-state index in [0.29, 0.717) is 23.0 Å². The number of rotatable bonds is 5. The zero-order valence-corrected chi connectivity index (χ0v) is 14.4. The number of benzene rings is 2. The molecule has 0 saturated carbocycles. The van der Waals surface area contributed by atoms with Crippen molar-refractivity contribution in [3.05, 3.63) is 59.1 Å². The maximum atomic E-state index is 12.1. The van der Waals surface area contributed by atoms with Crippen LogP contribution in [0.3, 0.4) is 0 Å². The van der Waals surface area contributed by atoms with Crippen LogP contribution in [0.2, 0.25) is 5.02 Å². The van der Waals surface area contributed by atoms with Crippen LogP contribution in [-0.4, -0.2) is 24.5 Å². The second kappa shape index (κ2) is 8.14. The highest BCUT2D eigenvalue weighted by Gasteiger charge is 2.23. The maximum Gasteiger partial charge on any atom is 0.253 e. The molecule has 25 heavy (non-hydrogen) atoms. The van der Waals surface area contributed by atoms with E-state index in [1.54, 1.807) is 30.3 Å². The average molecular weight is 359 g/mol. The molecule has 130 valence electrons. The largest absolute Gasteiger partial charge is 0.368 e. The van der Waals surface area contributed by atoms with Crippen molar-refractivity contribution >= 4 is 34.8 Å². The molecule has 3 rings (SSSR count). The van der Waals surface area contributed by atoms with Gasteiger partial charge >= 0.3 is 0 Å². The van der Waals surface area contributed by atoms with E-state index < -0.39 is 0 Å². The summed E-state index contributed by atoms with van der Waals surface area (Å²) < 4.78 is 5.35. The standard InChI is InChI=1S/C19H19ClN2O3/c20-16-5-2-1-4-13(16)12-18(23)21-14-7-9-15(10-8-14)22-19(24)17-6-3-11-25-17/h1-2,4-5,7-10,17H,3,6,11-12H2,(H,21,23)(H,22,24)/t17-/m0/s1. The number of hydrogen-bond acceptors (Lipinski definition) is 3. The van der Waals surface area contributed by atoms with E-state index in [9.17, 15) is 9.59 Å². The van der Waals surface area contributed by atoms with E-state index in [1.807, 2.05) is 18.2 Å². The predicted octanol–water partition coefficient (Wildman–Crippen LogP) is 3.64. The van der Waals surface area contributed by atoms with Gasteiger partial charge in [-0.1, -0.05) is 29.8 Å². The van der Waals surface area contributed by atoms with Gasteiger partial charge < -0.3 is 15.4 Å². The Labute approximate surface area is 151 Å². The third-order valence-corrected chi connectivity index (χ3v) is 4.34. The molecule has 6 heteroatoms. The zero-order valence-electron chi connectivity index (χ0n) is 13.6. The van der Waals surface area contributed by atoms with Crippen LogP contribution in [0.1, 0.15) is 18.4 Å². The molecule has 0 unspecified atom stereocenters. The molecule has 1 aliphatic heterocycles. The van der Waals surface area contributed by atoms with Gasteiger partial charge in [0.15, 0.2) is 0 Å². The summed E-state index contributed by atoms with van der Waals surface area (Å²) >= 11 is 6.06. The Hall–Kier alpha value is -2.37. The molecule has 0 spiro atoms. The van der Waals surface area contributed by atoms with E-state index in [0.717, 1.165) is 18.4 Å². The second-order valence-corrected chi connectivity index (χ2v) is 6.29. The van der Waals surface area contributed by atoms with E-state index in [-0.39, 0.29) is 24.3 Å². The van der Waals surface area contributed by atoms with Gasteiger partial charge in [0.2, 0.25) is 5.91 Å². The molecule has 1 saturated heterocycles. The van der Waals surface area contributed by atoms with E-state index in [2.05, 4.69) is 10.6 Å². The lowest BCUT2D eigenvalue weighted by atomic mass is 10.1. The number of anilines is 2. The van der Waals surface area contributed by atoms with Crippen molar-refractivity contribution in [1.29, 1.82) is 0 Å². The number of carbonyl (C=O) groups is 2. The fraction of sp³-hybridized carbons (Fsp3) is 0.263. The fourth-order valence-electron chi connectivity index (χ4n) is 2.66. The Kier molecular flexibility index (Phi) is 5.68. The lowest BCUT2D eigenvalue weighted by Gasteiger charge is -2.11. The predicted molar refractivity (Wildman–Crippen MR) is 97.8 cm³/mol. The lowest BCUT2D eigenvalue weighted by Crippen LogP contribution is -2.26. The molecule has 2 aromatic carbocycles. The average Bonchev–Trinajstić information content (AvgIpc) is 3.13. The molecule has 5 nitrogen and oxygen atoms in total. The molecule has 0 bridgehead atoms. The van der Waals surface area contributed by atoms with Gasteiger partial charge in [-0.2, -0.15) is 0 Å². The summed E-state index contributed by atoms with van der Waals surface area (Å²) in [5, 5.41) is 6.21. The molecular formula is C19H19ClN2O3. The van der Waals surface area contributed by atoms with Crippen LogP contribution in [0.25, 0.3) is 0 Å². The van der Waals surface area contributed by atoms with Crippen molar-refractivity contribution in [2.75, 3.05) is 17.2 Å². The monoisotopic (exact) mass is 358 g/mol. The van der Waals surface area contributed by atoms with E-state index >= 15 is 0 Å². The minimum atomic E-state index is -0.366. The summed E-state index contributed by atoms with van der Waals surface area (Å²) in [4.78, 5) is 24.1. The molecule has 0 aliphatic carbocycles. The van der Waals surface area contributed by atoms with Gasteiger partial charge in [0, 0.05) is 23.0 Å². The number of halogens is 1. The Bertz CT molecular complexity index is 756. The van der Waals surface area contributed by atoms with Crippen LogP contribution in [-0.2, 0) is 20.7 Å². The van der Waals surface area contributed by atoms with Crippen LogP contribution in [0, 0.1) is 0 Å². The van der Waals surface area contributed by atoms with E-state index in [1.165, 1.54) is 0 Å². The van der Waals surface area contributed by atoms with Gasteiger partial charge in [-0.3, -0.25) is 9.59 Å². The Morgan fingerprint density at radius 1 is 1.04 bits per heavy atom. The Balaban J connectivity index is 1.54. The number of nitrogens with one attached hydrogen (secondary N) is 2. The number of amides is 2. The van der Waals surface area contributed by atoms with Crippen molar-refractivity contribution < 1.29 is 14.3 Å². The lowest BCUT2D eigenvalue weighted by molar-refractivity contribution is -0.124. The molecular weight excluding hydrogens is 340 g/mol. The minimum absolute atomic E-state index is 0.131. The van der Waals surface area contributed by atoms with Crippen molar-refractivity contribution in [3.8, 4) is 0 Å². The molecule has 0 radical (unpaired) electrons. The number of carbonyl (C=O) groups excluding carboxylic acids is 2. The molecule has 1 aliphatic rings. The van der Waals surface area contributed by atoms with Crippen LogP contribution in [0.4, 0.5) is 11.4 Å². The van der Waals surface area contributed by atoms with Crippen molar-refractivity contribution in [2.24, 2.45) is 0 Å². The highest BCUT2D eigenvalue weighted by Crippen LogP contribution is 2.19. The van der Waals surface area contributed by atoms with Crippen LogP contribution in [0.5, 0.6) is 0 Å². The summed E-state index contributed by atoms with van der Waals surface area (Å²) in [6.45, 7) is 0.633. The number of ether oxygens (including phenoxy) is 1. The first-order valence-corrected chi connectivity index (χ1v) is 8.55. The molecule has 1 fully saturated rings. The van der Waals surface area contributed by atoms with Gasteiger partial charge in [0.1, 0.15) is 6.10 Å². The van der Waals surface area contributed by atoms with Gasteiger partial charge in [0.25, 0.3) is 5.91 Å². The summed E-state index contributed by atoms with van der Waals surface area (Å²) in [7, 11) is 0. The highest BCUT2D eigenvalue weighted by molar-refractivity contribution is 6.31. The van der Waals surface area contributed by atoms with Crippen molar-refractivity contribution in [1.82, 2.24) is 0 Å². The Morgan fingerprint density at radius 2 is 1.72 bits per heavy atom. The molecule has 0 aromatic heterocycles. The van der Waals surface area contributed by atoms with Crippen LogP contribution >= 0.6 is 11.6 Å². The quantitative estimate of drug-likeness (QED) is 0.857. The first-order valence-electron chi connectivity index (χ1n) is 8.17. The normalized spacial score (nSPS) is 16.4. The Morgan fingerprint density at radius 3 is 2.36 bits per heavy atom. The molecule has 2 aromatic rings. The second-order valence-electron chi connectivity index (χ2n) is 5.88. The summed E-state index contributed by atoms with van der Waals surface area (Å²) in [5.41, 5.74) is 2.11. The first kappa shape index (κ1) is 17.5. The van der Waals surface area contributed by atoms with Gasteiger partial charge in [-0.05, 0) is 48.7 Å². The third kappa shape index (κ3) is 4.81. The smallest absolute Gasteiger partial charge is 0.253 e.